The molecule has 2 fully saturated rings. The number of carbonyl (C=O) groups is 2. The van der Waals surface area contributed by atoms with Crippen LogP contribution < -0.4 is 0 Å². The second-order valence-corrected chi connectivity index (χ2v) is 12.0. The van der Waals surface area contributed by atoms with Crippen molar-refractivity contribution in [3.8, 4) is 0 Å². The van der Waals surface area contributed by atoms with Crippen molar-refractivity contribution in [1.82, 2.24) is 4.90 Å². The van der Waals surface area contributed by atoms with Crippen LogP contribution in [0.5, 0.6) is 0 Å². The molecule has 0 unspecified atom stereocenters. The molecule has 1 heterocycles. The van der Waals surface area contributed by atoms with E-state index in [1.54, 1.807) is 18.7 Å². The summed E-state index contributed by atoms with van der Waals surface area (Å²) in [5, 5.41) is 11.9. The van der Waals surface area contributed by atoms with Crippen LogP contribution in [0.2, 0.25) is 0 Å². The van der Waals surface area contributed by atoms with Gasteiger partial charge in [0.1, 0.15) is 6.61 Å². The van der Waals surface area contributed by atoms with Gasteiger partial charge in [-0.3, -0.25) is 4.79 Å². The Morgan fingerprint density at radius 3 is 2.03 bits per heavy atom. The van der Waals surface area contributed by atoms with Gasteiger partial charge in [-0.2, -0.15) is 0 Å². The Hall–Kier alpha value is -1.53. The number of imide groups is 1. The third kappa shape index (κ3) is 6.78. The highest BCUT2D eigenvalue weighted by atomic mass is 32.2. The van der Waals surface area contributed by atoms with Crippen molar-refractivity contribution in [2.24, 2.45) is 11.8 Å². The van der Waals surface area contributed by atoms with E-state index < -0.39 is 22.9 Å². The molecule has 2 aliphatic rings. The second kappa shape index (κ2) is 13.0. The summed E-state index contributed by atoms with van der Waals surface area (Å²) in [6, 6.07) is 9.97. The fraction of sp³-hybridized carbons (Fsp3) is 0.714. The number of ether oxygens (including phenoxy) is 1. The van der Waals surface area contributed by atoms with Crippen LogP contribution in [0.25, 0.3) is 0 Å². The molecule has 0 spiro atoms. The van der Waals surface area contributed by atoms with Crippen LogP contribution in [-0.4, -0.2) is 45.5 Å². The van der Waals surface area contributed by atoms with Gasteiger partial charge >= 0.3 is 6.09 Å². The highest BCUT2D eigenvalue weighted by molar-refractivity contribution is 8.00. The van der Waals surface area contributed by atoms with Crippen LogP contribution in [0.15, 0.2) is 35.2 Å². The first kappa shape index (κ1) is 27.1. The van der Waals surface area contributed by atoms with Gasteiger partial charge in [-0.05, 0) is 30.9 Å². The van der Waals surface area contributed by atoms with Crippen molar-refractivity contribution in [3.05, 3.63) is 30.3 Å². The van der Waals surface area contributed by atoms with Gasteiger partial charge in [0.05, 0.1) is 18.1 Å². The van der Waals surface area contributed by atoms with Gasteiger partial charge in [0.25, 0.3) is 0 Å². The summed E-state index contributed by atoms with van der Waals surface area (Å²) in [5.41, 5.74) is 0. The van der Waals surface area contributed by atoms with Gasteiger partial charge in [0.2, 0.25) is 5.91 Å². The minimum Gasteiger partial charge on any atom is -0.447 e. The summed E-state index contributed by atoms with van der Waals surface area (Å²) in [4.78, 5) is 28.4. The lowest BCUT2D eigenvalue weighted by Gasteiger charge is -2.41. The average Bonchev–Trinajstić information content (AvgIpc) is 3.22. The predicted octanol–water partition coefficient (Wildman–Crippen LogP) is 6.82. The van der Waals surface area contributed by atoms with E-state index in [1.165, 1.54) is 37.0 Å². The lowest BCUT2D eigenvalue weighted by molar-refractivity contribution is -0.138. The zero-order chi connectivity index (χ0) is 24.6. The van der Waals surface area contributed by atoms with Crippen molar-refractivity contribution in [3.63, 3.8) is 0 Å². The average molecular weight is 490 g/mol. The molecule has 0 bridgehead atoms. The summed E-state index contributed by atoms with van der Waals surface area (Å²) in [5.74, 6) is -0.891. The fourth-order valence-corrected chi connectivity index (χ4v) is 6.96. The lowest BCUT2D eigenvalue weighted by Crippen LogP contribution is -2.52. The molecule has 0 aromatic heterocycles. The number of thioether (sulfide) groups is 1. The van der Waals surface area contributed by atoms with Crippen LogP contribution in [0.3, 0.4) is 0 Å². The van der Waals surface area contributed by atoms with E-state index in [4.69, 9.17) is 4.74 Å². The number of aliphatic hydroxyl groups is 1. The van der Waals surface area contributed by atoms with Crippen molar-refractivity contribution in [1.29, 1.82) is 0 Å². The summed E-state index contributed by atoms with van der Waals surface area (Å²) in [7, 11) is 0. The molecule has 3 rings (SSSR count). The van der Waals surface area contributed by atoms with Crippen molar-refractivity contribution >= 4 is 23.8 Å². The van der Waals surface area contributed by atoms with Gasteiger partial charge in [-0.1, -0.05) is 96.8 Å². The monoisotopic (exact) mass is 489 g/mol. The smallest absolute Gasteiger partial charge is 0.416 e. The molecule has 1 aromatic rings. The fourth-order valence-electron chi connectivity index (χ4n) is 5.38. The van der Waals surface area contributed by atoms with Crippen LogP contribution >= 0.6 is 11.8 Å². The molecule has 1 saturated carbocycles. The van der Waals surface area contributed by atoms with Crippen molar-refractivity contribution in [2.75, 3.05) is 6.61 Å². The Balaban J connectivity index is 1.88. The van der Waals surface area contributed by atoms with Crippen molar-refractivity contribution in [2.45, 2.75) is 113 Å². The van der Waals surface area contributed by atoms with Gasteiger partial charge in [0, 0.05) is 9.64 Å². The number of nitrogens with zero attached hydrogens (tertiary/aromatic N) is 1. The molecule has 0 radical (unpaired) electrons. The Morgan fingerprint density at radius 2 is 1.50 bits per heavy atom. The van der Waals surface area contributed by atoms with Crippen LogP contribution in [-0.2, 0) is 9.53 Å². The number of amides is 2. The SMILES string of the molecule is CC(C)[C@H]1COC(=O)N1C(=O)[C@H](C)[C@@H](O)C1(Sc2ccccc2)CCCCCCCCCCC1. The molecule has 1 N–H and O–H groups in total. The first-order valence-corrected chi connectivity index (χ1v) is 14.1. The summed E-state index contributed by atoms with van der Waals surface area (Å²) in [6.45, 7) is 6.01. The maximum atomic E-state index is 13.6. The third-order valence-corrected chi connectivity index (χ3v) is 9.14. The van der Waals surface area contributed by atoms with Crippen LogP contribution in [0.4, 0.5) is 4.79 Å². The topological polar surface area (TPSA) is 66.8 Å². The molecule has 5 nitrogen and oxygen atoms in total. The Bertz CT molecular complexity index is 772. The number of hydrogen-bond donors (Lipinski definition) is 1. The largest absolute Gasteiger partial charge is 0.447 e. The maximum Gasteiger partial charge on any atom is 0.416 e. The standard InChI is InChI=1S/C28H43NO4S/c1-21(2)24-20-33-27(32)29(24)26(31)22(3)25(30)28(34-23-16-12-11-13-17-23)18-14-9-7-5-4-6-8-10-15-19-28/h11-13,16-17,21-22,24-25,30H,4-10,14-15,18-20H2,1-3H3/t22-,24-,25-/m1/s1. The lowest BCUT2D eigenvalue weighted by atomic mass is 9.82. The van der Waals surface area contributed by atoms with E-state index in [9.17, 15) is 14.7 Å². The maximum absolute atomic E-state index is 13.6. The zero-order valence-corrected chi connectivity index (χ0v) is 22.0. The molecule has 1 aromatic carbocycles. The van der Waals surface area contributed by atoms with Gasteiger partial charge in [-0.15, -0.1) is 11.8 Å². The highest BCUT2D eigenvalue weighted by Crippen LogP contribution is 2.46. The molecular formula is C28H43NO4S. The summed E-state index contributed by atoms with van der Waals surface area (Å²) in [6.07, 6.45) is 11.0. The number of carbonyl (C=O) groups excluding carboxylic acids is 2. The second-order valence-electron chi connectivity index (χ2n) is 10.5. The molecule has 1 saturated heterocycles. The van der Waals surface area contributed by atoms with Crippen LogP contribution in [0, 0.1) is 11.8 Å². The molecule has 34 heavy (non-hydrogen) atoms. The van der Waals surface area contributed by atoms with Crippen LogP contribution in [0.1, 0.15) is 91.4 Å². The normalized spacial score (nSPS) is 24.1. The van der Waals surface area contributed by atoms with E-state index >= 15 is 0 Å². The molecule has 1 aliphatic carbocycles. The summed E-state index contributed by atoms with van der Waals surface area (Å²) < 4.78 is 4.76. The molecule has 6 heteroatoms. The molecule has 1 aliphatic heterocycles. The van der Waals surface area contributed by atoms with Crippen molar-refractivity contribution < 1.29 is 19.4 Å². The Morgan fingerprint density at radius 1 is 0.971 bits per heavy atom. The number of benzene rings is 1. The number of cyclic esters (lactones) is 1. The quantitative estimate of drug-likeness (QED) is 0.475. The highest BCUT2D eigenvalue weighted by Gasteiger charge is 2.48. The molecule has 190 valence electrons. The molecule has 3 atom stereocenters. The minimum absolute atomic E-state index is 0.105. The van der Waals surface area contributed by atoms with E-state index in [0.29, 0.717) is 0 Å². The first-order chi connectivity index (χ1) is 16.4. The van der Waals surface area contributed by atoms with E-state index in [-0.39, 0.29) is 24.5 Å². The van der Waals surface area contributed by atoms with Gasteiger partial charge < -0.3 is 9.84 Å². The van der Waals surface area contributed by atoms with E-state index in [2.05, 4.69) is 12.1 Å². The van der Waals surface area contributed by atoms with E-state index in [1.807, 2.05) is 32.0 Å². The predicted molar refractivity (Wildman–Crippen MR) is 138 cm³/mol. The summed E-state index contributed by atoms with van der Waals surface area (Å²) >= 11 is 1.73. The van der Waals surface area contributed by atoms with Gasteiger partial charge in [0.15, 0.2) is 0 Å². The van der Waals surface area contributed by atoms with E-state index in [0.717, 1.165) is 43.4 Å². The number of hydrogen-bond acceptors (Lipinski definition) is 5. The zero-order valence-electron chi connectivity index (χ0n) is 21.2. The third-order valence-electron chi connectivity index (χ3n) is 7.58. The Kier molecular flexibility index (Phi) is 10.3. The molecule has 2 amide bonds. The molecular weight excluding hydrogens is 446 g/mol. The number of rotatable bonds is 6. The minimum atomic E-state index is -0.852. The van der Waals surface area contributed by atoms with Gasteiger partial charge in [-0.25, -0.2) is 9.69 Å². The first-order valence-electron chi connectivity index (χ1n) is 13.3. The Labute approximate surface area is 210 Å². The number of aliphatic hydroxyl groups excluding tert-OH is 1.